The third-order valence-electron chi connectivity index (χ3n) is 6.10. The molecule has 182 valence electrons. The van der Waals surface area contributed by atoms with Crippen molar-refractivity contribution in [3.05, 3.63) is 35.0 Å². The number of carbonyl (C=O) groups excluding carboxylic acids is 1. The van der Waals surface area contributed by atoms with Gasteiger partial charge in [0.2, 0.25) is 0 Å². The minimum Gasteiger partial charge on any atom is -0.484 e. The molecule has 0 aliphatic carbocycles. The van der Waals surface area contributed by atoms with E-state index in [1.54, 1.807) is 20.4 Å². The van der Waals surface area contributed by atoms with Crippen molar-refractivity contribution in [2.24, 2.45) is 0 Å². The number of aryl methyl sites for hydroxylation is 1. The Morgan fingerprint density at radius 2 is 2.12 bits per heavy atom. The summed E-state index contributed by atoms with van der Waals surface area (Å²) in [4.78, 5) is 26.5. The van der Waals surface area contributed by atoms with Crippen LogP contribution >= 0.6 is 11.6 Å². The lowest BCUT2D eigenvalue weighted by Crippen LogP contribution is -2.40. The number of H-pyrrole nitrogens is 1. The van der Waals surface area contributed by atoms with Gasteiger partial charge in [0.25, 0.3) is 5.91 Å². The van der Waals surface area contributed by atoms with E-state index in [0.717, 1.165) is 61.4 Å². The first-order valence-electron chi connectivity index (χ1n) is 11.4. The number of anilines is 1. The van der Waals surface area contributed by atoms with Crippen LogP contribution in [-0.2, 0) is 9.53 Å². The molecule has 0 unspecified atom stereocenters. The minimum absolute atomic E-state index is 0.0237. The van der Waals surface area contributed by atoms with Crippen LogP contribution in [-0.4, -0.2) is 78.8 Å². The maximum Gasteiger partial charge on any atom is 0.257 e. The molecule has 10 heteroatoms. The van der Waals surface area contributed by atoms with Crippen LogP contribution in [0.25, 0.3) is 22.6 Å². The fraction of sp³-hybridized carbons (Fsp3) is 0.458. The van der Waals surface area contributed by atoms with Crippen LogP contribution in [0.2, 0.25) is 5.02 Å². The molecule has 1 amide bonds. The zero-order valence-electron chi connectivity index (χ0n) is 19.8. The van der Waals surface area contributed by atoms with E-state index in [2.05, 4.69) is 25.5 Å². The normalized spacial score (nSPS) is 14.9. The number of methoxy groups -OCH3 is 1. The molecular formula is C24H31ClN6O3. The number of pyridine rings is 1. The Balaban J connectivity index is 1.51. The standard InChI is InChI=1S/C24H31ClN6O3/c1-15-12-16(4-5-19(15)34-14-20(32)26-2)23-29-22-21(18(25)13-27-24(22)30-23)28-17-6-8-31(9-7-17)10-11-33-3/h4-5,12-13,17H,6-11,14H2,1-3H3,(H,26,32)(H2,27,28,29,30). The minimum atomic E-state index is -0.176. The summed E-state index contributed by atoms with van der Waals surface area (Å²) in [6, 6.07) is 6.05. The van der Waals surface area contributed by atoms with Crippen LogP contribution in [0, 0.1) is 6.92 Å². The number of likely N-dealkylation sites (tertiary alicyclic amines) is 1. The number of hydrogen-bond acceptors (Lipinski definition) is 7. The molecule has 1 fully saturated rings. The predicted octanol–water partition coefficient (Wildman–Crippen LogP) is 3.23. The number of hydrogen-bond donors (Lipinski definition) is 3. The first-order chi connectivity index (χ1) is 16.5. The molecule has 4 rings (SSSR count). The number of rotatable bonds is 9. The van der Waals surface area contributed by atoms with E-state index < -0.39 is 0 Å². The van der Waals surface area contributed by atoms with Gasteiger partial charge < -0.3 is 30.0 Å². The Morgan fingerprint density at radius 1 is 1.32 bits per heavy atom. The van der Waals surface area contributed by atoms with E-state index in [4.69, 9.17) is 26.1 Å². The molecule has 3 N–H and O–H groups in total. The average molecular weight is 487 g/mol. The highest BCUT2D eigenvalue weighted by Gasteiger charge is 2.22. The second-order valence-electron chi connectivity index (χ2n) is 8.46. The molecule has 2 aromatic heterocycles. The number of ether oxygens (including phenoxy) is 2. The lowest BCUT2D eigenvalue weighted by molar-refractivity contribution is -0.122. The monoisotopic (exact) mass is 486 g/mol. The molecule has 3 heterocycles. The van der Waals surface area contributed by atoms with Crippen molar-refractivity contribution < 1.29 is 14.3 Å². The lowest BCUT2D eigenvalue weighted by Gasteiger charge is -2.32. The number of aromatic nitrogens is 3. The molecular weight excluding hydrogens is 456 g/mol. The van der Waals surface area contributed by atoms with Crippen molar-refractivity contribution in [1.29, 1.82) is 0 Å². The van der Waals surface area contributed by atoms with Crippen molar-refractivity contribution >= 4 is 34.4 Å². The molecule has 0 spiro atoms. The Kier molecular flexibility index (Phi) is 7.87. The van der Waals surface area contributed by atoms with Crippen molar-refractivity contribution in [3.8, 4) is 17.1 Å². The Labute approximate surface area is 204 Å². The Bertz CT molecular complexity index is 1140. The number of nitrogens with zero attached hydrogens (tertiary/aromatic N) is 3. The van der Waals surface area contributed by atoms with E-state index in [1.165, 1.54) is 0 Å². The second-order valence-corrected chi connectivity index (χ2v) is 8.87. The van der Waals surface area contributed by atoms with Crippen LogP contribution in [0.1, 0.15) is 18.4 Å². The Morgan fingerprint density at radius 3 is 2.82 bits per heavy atom. The molecule has 1 aliphatic rings. The van der Waals surface area contributed by atoms with E-state index in [1.807, 2.05) is 25.1 Å². The van der Waals surface area contributed by atoms with Gasteiger partial charge in [-0.3, -0.25) is 4.79 Å². The molecule has 0 bridgehead atoms. The molecule has 1 aromatic carbocycles. The van der Waals surface area contributed by atoms with E-state index in [0.29, 0.717) is 28.3 Å². The number of nitrogens with one attached hydrogen (secondary N) is 3. The van der Waals surface area contributed by atoms with Gasteiger partial charge in [0, 0.05) is 45.4 Å². The molecule has 9 nitrogen and oxygen atoms in total. The fourth-order valence-corrected chi connectivity index (χ4v) is 4.30. The third-order valence-corrected chi connectivity index (χ3v) is 6.39. The number of amides is 1. The number of carbonyl (C=O) groups is 1. The van der Waals surface area contributed by atoms with E-state index in [9.17, 15) is 4.79 Å². The van der Waals surface area contributed by atoms with Crippen molar-refractivity contribution in [2.75, 3.05) is 52.3 Å². The number of fused-ring (bicyclic) bond motifs is 1. The van der Waals surface area contributed by atoms with Crippen LogP contribution in [0.4, 0.5) is 5.69 Å². The molecule has 3 aromatic rings. The van der Waals surface area contributed by atoms with Gasteiger partial charge >= 0.3 is 0 Å². The van der Waals surface area contributed by atoms with Crippen LogP contribution in [0.3, 0.4) is 0 Å². The quantitative estimate of drug-likeness (QED) is 0.426. The zero-order valence-corrected chi connectivity index (χ0v) is 20.5. The second kappa shape index (κ2) is 11.0. The summed E-state index contributed by atoms with van der Waals surface area (Å²) >= 11 is 6.54. The van der Waals surface area contributed by atoms with Crippen LogP contribution < -0.4 is 15.4 Å². The van der Waals surface area contributed by atoms with Gasteiger partial charge in [-0.2, -0.15) is 0 Å². The summed E-state index contributed by atoms with van der Waals surface area (Å²) in [5.41, 5.74) is 4.02. The fourth-order valence-electron chi connectivity index (χ4n) is 4.10. The summed E-state index contributed by atoms with van der Waals surface area (Å²) < 4.78 is 10.8. The molecule has 1 saturated heterocycles. The van der Waals surface area contributed by atoms with Gasteiger partial charge in [0.1, 0.15) is 17.1 Å². The summed E-state index contributed by atoms with van der Waals surface area (Å²) in [5, 5.41) is 6.72. The lowest BCUT2D eigenvalue weighted by atomic mass is 10.0. The maximum atomic E-state index is 11.5. The first kappa shape index (κ1) is 24.3. The molecule has 0 radical (unpaired) electrons. The zero-order chi connectivity index (χ0) is 24.1. The Hall–Kier alpha value is -2.88. The smallest absolute Gasteiger partial charge is 0.257 e. The number of imidazole rings is 1. The topological polar surface area (TPSA) is 104 Å². The van der Waals surface area contributed by atoms with Crippen molar-refractivity contribution in [2.45, 2.75) is 25.8 Å². The first-order valence-corrected chi connectivity index (χ1v) is 11.8. The van der Waals surface area contributed by atoms with Gasteiger partial charge in [-0.1, -0.05) is 11.6 Å². The van der Waals surface area contributed by atoms with Gasteiger partial charge in [0.15, 0.2) is 12.3 Å². The number of benzene rings is 1. The van der Waals surface area contributed by atoms with Gasteiger partial charge in [0.05, 0.1) is 23.5 Å². The van der Waals surface area contributed by atoms with Crippen molar-refractivity contribution in [1.82, 2.24) is 25.2 Å². The maximum absolute atomic E-state index is 11.5. The van der Waals surface area contributed by atoms with E-state index in [-0.39, 0.29) is 12.5 Å². The van der Waals surface area contributed by atoms with Crippen LogP contribution in [0.5, 0.6) is 5.75 Å². The highest BCUT2D eigenvalue weighted by atomic mass is 35.5. The van der Waals surface area contributed by atoms with Gasteiger partial charge in [-0.25, -0.2) is 9.97 Å². The highest BCUT2D eigenvalue weighted by molar-refractivity contribution is 6.34. The molecule has 0 saturated carbocycles. The van der Waals surface area contributed by atoms with Gasteiger partial charge in [-0.05, 0) is 43.5 Å². The highest BCUT2D eigenvalue weighted by Crippen LogP contribution is 2.33. The average Bonchev–Trinajstić information content (AvgIpc) is 3.29. The van der Waals surface area contributed by atoms with Crippen molar-refractivity contribution in [3.63, 3.8) is 0 Å². The summed E-state index contributed by atoms with van der Waals surface area (Å²) in [5.74, 6) is 1.18. The third kappa shape index (κ3) is 5.60. The number of halogens is 1. The summed E-state index contributed by atoms with van der Waals surface area (Å²) in [6.45, 7) is 5.67. The predicted molar refractivity (Wildman–Crippen MR) is 134 cm³/mol. The summed E-state index contributed by atoms with van der Waals surface area (Å²) in [7, 11) is 3.32. The number of aromatic amines is 1. The number of likely N-dealkylation sites (N-methyl/N-ethyl adjacent to an activating group) is 1. The summed E-state index contributed by atoms with van der Waals surface area (Å²) in [6.07, 6.45) is 3.71. The van der Waals surface area contributed by atoms with Gasteiger partial charge in [-0.15, -0.1) is 0 Å². The van der Waals surface area contributed by atoms with Crippen LogP contribution in [0.15, 0.2) is 24.4 Å². The largest absolute Gasteiger partial charge is 0.484 e. The SMILES string of the molecule is CNC(=O)COc1ccc(-c2nc3c(NC4CCN(CCOC)CC4)c(Cl)cnc3[nH]2)cc1C. The van der Waals surface area contributed by atoms with E-state index >= 15 is 0 Å². The number of piperidine rings is 1. The molecule has 34 heavy (non-hydrogen) atoms. The molecule has 1 aliphatic heterocycles. The molecule has 0 atom stereocenters.